The van der Waals surface area contributed by atoms with Crippen molar-refractivity contribution >= 4 is 23.7 Å². The Labute approximate surface area is 120 Å². The highest BCUT2D eigenvalue weighted by atomic mass is 32.2. The minimum atomic E-state index is -0.517. The Hall–Kier alpha value is -2.21. The largest absolute Gasteiger partial charge is 0.298 e. The van der Waals surface area contributed by atoms with Gasteiger partial charge < -0.3 is 0 Å². The number of carbonyl (C=O) groups is 1. The molecule has 0 unspecified atom stereocenters. The van der Waals surface area contributed by atoms with Crippen molar-refractivity contribution in [3.8, 4) is 0 Å². The molecule has 0 saturated carbocycles. The first kappa shape index (κ1) is 14.2. The fourth-order valence-electron chi connectivity index (χ4n) is 1.80. The molecule has 6 heteroatoms. The van der Waals surface area contributed by atoms with E-state index in [0.29, 0.717) is 16.7 Å². The van der Waals surface area contributed by atoms with Crippen LogP contribution in [0.2, 0.25) is 0 Å². The van der Waals surface area contributed by atoms with Crippen molar-refractivity contribution in [1.82, 2.24) is 4.98 Å². The van der Waals surface area contributed by atoms with E-state index in [2.05, 4.69) is 4.98 Å². The van der Waals surface area contributed by atoms with Crippen molar-refractivity contribution in [2.24, 2.45) is 0 Å². The van der Waals surface area contributed by atoms with Gasteiger partial charge in [0, 0.05) is 28.3 Å². The molecule has 0 saturated heterocycles. The van der Waals surface area contributed by atoms with Gasteiger partial charge in [-0.1, -0.05) is 11.8 Å². The van der Waals surface area contributed by atoms with E-state index in [1.165, 1.54) is 23.9 Å². The van der Waals surface area contributed by atoms with Crippen LogP contribution in [0.1, 0.15) is 21.6 Å². The fourth-order valence-corrected chi connectivity index (χ4v) is 2.82. The number of nitro benzene ring substituents is 1. The second-order valence-corrected chi connectivity index (χ2v) is 5.39. The number of non-ortho nitro benzene ring substituents is 1. The van der Waals surface area contributed by atoms with Crippen LogP contribution >= 0.6 is 11.8 Å². The van der Waals surface area contributed by atoms with E-state index < -0.39 is 4.92 Å². The quantitative estimate of drug-likeness (QED) is 0.488. The molecule has 1 aromatic heterocycles. The Morgan fingerprint density at radius 2 is 2.00 bits per heavy atom. The van der Waals surface area contributed by atoms with Crippen LogP contribution in [0.25, 0.3) is 0 Å². The Kier molecular flexibility index (Phi) is 4.14. The van der Waals surface area contributed by atoms with Crippen molar-refractivity contribution in [3.05, 3.63) is 57.3 Å². The summed E-state index contributed by atoms with van der Waals surface area (Å²) in [6.45, 7) is 3.86. The summed E-state index contributed by atoms with van der Waals surface area (Å²) < 4.78 is 0. The maximum Gasteiger partial charge on any atom is 0.270 e. The molecule has 0 bridgehead atoms. The summed E-state index contributed by atoms with van der Waals surface area (Å²) in [6.07, 6.45) is 0.623. The molecule has 0 atom stereocenters. The van der Waals surface area contributed by atoms with Crippen LogP contribution in [-0.2, 0) is 0 Å². The number of hydrogen-bond donors (Lipinski definition) is 0. The lowest BCUT2D eigenvalue weighted by Gasteiger charge is -2.06. The van der Waals surface area contributed by atoms with Gasteiger partial charge in [0.2, 0.25) is 0 Å². The van der Waals surface area contributed by atoms with Gasteiger partial charge in [-0.2, -0.15) is 0 Å². The summed E-state index contributed by atoms with van der Waals surface area (Å²) in [5.41, 5.74) is 2.17. The molecule has 0 radical (unpaired) electrons. The summed E-state index contributed by atoms with van der Waals surface area (Å²) in [5, 5.41) is 11.5. The van der Waals surface area contributed by atoms with Gasteiger partial charge in [0.15, 0.2) is 6.29 Å². The molecule has 20 heavy (non-hydrogen) atoms. The van der Waals surface area contributed by atoms with Crippen molar-refractivity contribution in [2.75, 3.05) is 0 Å². The summed E-state index contributed by atoms with van der Waals surface area (Å²) in [6, 6.07) is 8.11. The average Bonchev–Trinajstić information content (AvgIpc) is 2.37. The topological polar surface area (TPSA) is 73.1 Å². The summed E-state index contributed by atoms with van der Waals surface area (Å²) in [7, 11) is 0. The number of aromatic nitrogens is 1. The molecule has 1 heterocycles. The molecule has 0 fully saturated rings. The number of nitro groups is 1. The molecule has 0 aliphatic heterocycles. The second kappa shape index (κ2) is 5.83. The fraction of sp³-hybridized carbons (Fsp3) is 0.143. The van der Waals surface area contributed by atoms with Crippen molar-refractivity contribution in [3.63, 3.8) is 0 Å². The minimum Gasteiger partial charge on any atom is -0.298 e. The number of aryl methyl sites for hydroxylation is 2. The van der Waals surface area contributed by atoms with Crippen LogP contribution in [0.3, 0.4) is 0 Å². The van der Waals surface area contributed by atoms with Crippen LogP contribution in [0.5, 0.6) is 0 Å². The van der Waals surface area contributed by atoms with E-state index >= 15 is 0 Å². The van der Waals surface area contributed by atoms with Crippen LogP contribution in [-0.4, -0.2) is 16.2 Å². The first-order valence-electron chi connectivity index (χ1n) is 5.86. The summed E-state index contributed by atoms with van der Waals surface area (Å²) in [4.78, 5) is 26.3. The summed E-state index contributed by atoms with van der Waals surface area (Å²) in [5.74, 6) is 0. The lowest BCUT2D eigenvalue weighted by Crippen LogP contribution is -1.93. The predicted molar refractivity (Wildman–Crippen MR) is 76.3 cm³/mol. The molecule has 0 amide bonds. The molecule has 2 rings (SSSR count). The van der Waals surface area contributed by atoms with E-state index in [1.807, 2.05) is 26.0 Å². The van der Waals surface area contributed by atoms with E-state index in [1.54, 1.807) is 6.07 Å². The van der Waals surface area contributed by atoms with Crippen LogP contribution in [0.15, 0.2) is 40.3 Å². The zero-order valence-corrected chi connectivity index (χ0v) is 11.8. The molecule has 5 nitrogen and oxygen atoms in total. The lowest BCUT2D eigenvalue weighted by molar-refractivity contribution is -0.384. The first-order valence-corrected chi connectivity index (χ1v) is 6.68. The molecule has 102 valence electrons. The Morgan fingerprint density at radius 1 is 1.25 bits per heavy atom. The third kappa shape index (κ3) is 3.21. The van der Waals surface area contributed by atoms with Gasteiger partial charge in [-0.05, 0) is 37.6 Å². The van der Waals surface area contributed by atoms with Gasteiger partial charge in [-0.25, -0.2) is 4.98 Å². The van der Waals surface area contributed by atoms with E-state index in [0.717, 1.165) is 16.3 Å². The SMILES string of the molecule is Cc1cc(C)nc(Sc2ccc([N+](=O)[O-])cc2C=O)c1. The standard InChI is InChI=1S/C14H12N2O3S/c1-9-5-10(2)15-14(6-9)20-13-4-3-12(16(18)19)7-11(13)8-17/h3-8H,1-2H3. The Balaban J connectivity index is 2.37. The van der Waals surface area contributed by atoms with Gasteiger partial charge in [0.25, 0.3) is 5.69 Å². The van der Waals surface area contributed by atoms with Crippen molar-refractivity contribution in [2.45, 2.75) is 23.8 Å². The van der Waals surface area contributed by atoms with Gasteiger partial charge in [0.05, 0.1) is 4.92 Å². The number of rotatable bonds is 4. The van der Waals surface area contributed by atoms with E-state index in [4.69, 9.17) is 0 Å². The third-order valence-electron chi connectivity index (χ3n) is 2.62. The normalized spacial score (nSPS) is 10.3. The number of nitrogens with zero attached hydrogens (tertiary/aromatic N) is 2. The number of benzene rings is 1. The molecule has 1 aromatic carbocycles. The van der Waals surface area contributed by atoms with Gasteiger partial charge >= 0.3 is 0 Å². The second-order valence-electron chi connectivity index (χ2n) is 4.32. The molecule has 0 aliphatic carbocycles. The molecular weight excluding hydrogens is 276 g/mol. The Bertz CT molecular complexity index is 666. The highest BCUT2D eigenvalue weighted by Crippen LogP contribution is 2.31. The van der Waals surface area contributed by atoms with Crippen LogP contribution in [0, 0.1) is 24.0 Å². The zero-order valence-electron chi connectivity index (χ0n) is 11.0. The highest BCUT2D eigenvalue weighted by molar-refractivity contribution is 7.99. The van der Waals surface area contributed by atoms with Gasteiger partial charge in [0.1, 0.15) is 5.03 Å². The number of aldehydes is 1. The number of carbonyl (C=O) groups excluding carboxylic acids is 1. The molecule has 0 spiro atoms. The monoisotopic (exact) mass is 288 g/mol. The smallest absolute Gasteiger partial charge is 0.270 e. The first-order chi connectivity index (χ1) is 9.49. The lowest BCUT2D eigenvalue weighted by atomic mass is 10.2. The maximum atomic E-state index is 11.1. The highest BCUT2D eigenvalue weighted by Gasteiger charge is 2.12. The summed E-state index contributed by atoms with van der Waals surface area (Å²) >= 11 is 1.32. The van der Waals surface area contributed by atoms with Crippen LogP contribution in [0.4, 0.5) is 5.69 Å². The molecular formula is C14H12N2O3S. The maximum absolute atomic E-state index is 11.1. The van der Waals surface area contributed by atoms with Gasteiger partial charge in [-0.3, -0.25) is 14.9 Å². The van der Waals surface area contributed by atoms with Crippen LogP contribution < -0.4 is 0 Å². The molecule has 0 aliphatic rings. The van der Waals surface area contributed by atoms with Crippen molar-refractivity contribution < 1.29 is 9.72 Å². The Morgan fingerprint density at radius 3 is 2.60 bits per heavy atom. The van der Waals surface area contributed by atoms with E-state index in [-0.39, 0.29) is 5.69 Å². The van der Waals surface area contributed by atoms with E-state index in [9.17, 15) is 14.9 Å². The third-order valence-corrected chi connectivity index (χ3v) is 3.63. The van der Waals surface area contributed by atoms with Crippen molar-refractivity contribution in [1.29, 1.82) is 0 Å². The minimum absolute atomic E-state index is 0.0927. The molecule has 0 N–H and O–H groups in total. The predicted octanol–water partition coefficient (Wildman–Crippen LogP) is 3.57. The molecule has 2 aromatic rings. The van der Waals surface area contributed by atoms with Gasteiger partial charge in [-0.15, -0.1) is 0 Å². The zero-order chi connectivity index (χ0) is 14.7. The average molecular weight is 288 g/mol. The number of pyridine rings is 1. The number of hydrogen-bond acceptors (Lipinski definition) is 5.